The molecule has 1 unspecified atom stereocenters. The van der Waals surface area contributed by atoms with Gasteiger partial charge >= 0.3 is 0 Å². The zero-order chi connectivity index (χ0) is 14.5. The number of halogens is 2. The normalized spacial score (nSPS) is 12.0. The Bertz CT molecular complexity index is 573. The van der Waals surface area contributed by atoms with Gasteiger partial charge in [0.25, 0.3) is 0 Å². The van der Waals surface area contributed by atoms with Crippen LogP contribution in [0.4, 0.5) is 14.5 Å². The summed E-state index contributed by atoms with van der Waals surface area (Å²) in [6, 6.07) is 10.1. The number of methoxy groups -OCH3 is 1. The van der Waals surface area contributed by atoms with E-state index in [2.05, 4.69) is 5.32 Å². The van der Waals surface area contributed by atoms with Gasteiger partial charge in [-0.25, -0.2) is 8.78 Å². The third-order valence-electron chi connectivity index (χ3n) is 2.91. The van der Waals surface area contributed by atoms with E-state index < -0.39 is 17.7 Å². The maximum absolute atomic E-state index is 13.5. The van der Waals surface area contributed by atoms with Crippen LogP contribution < -0.4 is 10.1 Å². The molecule has 0 bridgehead atoms. The van der Waals surface area contributed by atoms with Crippen LogP contribution in [0.25, 0.3) is 0 Å². The number of anilines is 1. The van der Waals surface area contributed by atoms with Gasteiger partial charge in [0.1, 0.15) is 17.4 Å². The van der Waals surface area contributed by atoms with E-state index >= 15 is 0 Å². The Kier molecular flexibility index (Phi) is 4.53. The molecule has 0 spiro atoms. The van der Waals surface area contributed by atoms with E-state index in [9.17, 15) is 13.9 Å². The van der Waals surface area contributed by atoms with Crippen LogP contribution in [0.2, 0.25) is 0 Å². The number of aliphatic hydroxyl groups is 1. The molecular formula is C15H15F2NO2. The largest absolute Gasteiger partial charge is 0.497 e. The van der Waals surface area contributed by atoms with E-state index in [0.29, 0.717) is 5.75 Å². The Balaban J connectivity index is 2.00. The van der Waals surface area contributed by atoms with Gasteiger partial charge in [0.05, 0.1) is 13.2 Å². The van der Waals surface area contributed by atoms with Crippen LogP contribution in [0.15, 0.2) is 42.5 Å². The molecule has 0 aliphatic heterocycles. The Labute approximate surface area is 115 Å². The van der Waals surface area contributed by atoms with Crippen molar-refractivity contribution < 1.29 is 18.6 Å². The van der Waals surface area contributed by atoms with Gasteiger partial charge in [-0.2, -0.15) is 0 Å². The van der Waals surface area contributed by atoms with Crippen LogP contribution in [-0.4, -0.2) is 18.8 Å². The Morgan fingerprint density at radius 2 is 1.85 bits per heavy atom. The molecule has 106 valence electrons. The van der Waals surface area contributed by atoms with Crippen LogP contribution in [0.1, 0.15) is 11.7 Å². The summed E-state index contributed by atoms with van der Waals surface area (Å²) < 4.78 is 31.5. The van der Waals surface area contributed by atoms with Crippen molar-refractivity contribution in [1.82, 2.24) is 0 Å². The summed E-state index contributed by atoms with van der Waals surface area (Å²) in [6.07, 6.45) is -1.13. The SMILES string of the molecule is COc1ccc(NCC(O)c2cc(F)ccc2F)cc1. The maximum Gasteiger partial charge on any atom is 0.129 e. The summed E-state index contributed by atoms with van der Waals surface area (Å²) in [5.41, 5.74) is 0.688. The molecule has 0 aromatic heterocycles. The molecule has 0 fully saturated rings. The van der Waals surface area contributed by atoms with Crippen LogP contribution in [0.3, 0.4) is 0 Å². The standard InChI is InChI=1S/C15H15F2NO2/c1-20-12-5-3-11(4-6-12)18-9-15(19)13-8-10(16)2-7-14(13)17/h2-8,15,18-19H,9H2,1H3. The van der Waals surface area contributed by atoms with Gasteiger partial charge in [-0.1, -0.05) is 0 Å². The fourth-order valence-corrected chi connectivity index (χ4v) is 1.80. The molecule has 1 atom stereocenters. The fraction of sp³-hybridized carbons (Fsp3) is 0.200. The molecule has 0 aliphatic rings. The van der Waals surface area contributed by atoms with Crippen LogP contribution in [-0.2, 0) is 0 Å². The molecule has 0 amide bonds. The summed E-state index contributed by atoms with van der Waals surface area (Å²) in [4.78, 5) is 0. The predicted molar refractivity (Wildman–Crippen MR) is 72.8 cm³/mol. The van der Waals surface area contributed by atoms with Gasteiger partial charge in [-0.15, -0.1) is 0 Å². The number of ether oxygens (including phenoxy) is 1. The Hall–Kier alpha value is -2.14. The molecule has 2 rings (SSSR count). The lowest BCUT2D eigenvalue weighted by Crippen LogP contribution is -2.13. The van der Waals surface area contributed by atoms with Crippen LogP contribution >= 0.6 is 0 Å². The maximum atomic E-state index is 13.5. The monoisotopic (exact) mass is 279 g/mol. The first-order valence-electron chi connectivity index (χ1n) is 6.11. The van der Waals surface area contributed by atoms with Crippen molar-refractivity contribution >= 4 is 5.69 Å². The quantitative estimate of drug-likeness (QED) is 0.883. The number of rotatable bonds is 5. The highest BCUT2D eigenvalue weighted by molar-refractivity contribution is 5.46. The van der Waals surface area contributed by atoms with Gasteiger partial charge in [0.2, 0.25) is 0 Å². The highest BCUT2D eigenvalue weighted by Gasteiger charge is 2.13. The summed E-state index contributed by atoms with van der Waals surface area (Å²) in [6.45, 7) is 0.0761. The van der Waals surface area contributed by atoms with Gasteiger partial charge < -0.3 is 15.2 Å². The van der Waals surface area contributed by atoms with E-state index in [1.807, 2.05) is 0 Å². The van der Waals surface area contributed by atoms with Gasteiger partial charge in [0, 0.05) is 17.8 Å². The van der Waals surface area contributed by atoms with E-state index in [1.54, 1.807) is 31.4 Å². The minimum Gasteiger partial charge on any atom is -0.497 e. The van der Waals surface area contributed by atoms with Crippen molar-refractivity contribution in [2.24, 2.45) is 0 Å². The van der Waals surface area contributed by atoms with E-state index in [1.165, 1.54) is 0 Å². The lowest BCUT2D eigenvalue weighted by molar-refractivity contribution is 0.186. The fourth-order valence-electron chi connectivity index (χ4n) is 1.80. The van der Waals surface area contributed by atoms with Crippen molar-refractivity contribution in [3.05, 3.63) is 59.7 Å². The molecular weight excluding hydrogens is 264 g/mol. The van der Waals surface area contributed by atoms with Gasteiger partial charge in [-0.05, 0) is 42.5 Å². The lowest BCUT2D eigenvalue weighted by atomic mass is 10.1. The molecule has 0 heterocycles. The minimum absolute atomic E-state index is 0.0639. The Morgan fingerprint density at radius 3 is 2.50 bits per heavy atom. The topological polar surface area (TPSA) is 41.5 Å². The number of benzene rings is 2. The first-order chi connectivity index (χ1) is 9.60. The average molecular weight is 279 g/mol. The second-order valence-electron chi connectivity index (χ2n) is 4.29. The molecule has 2 N–H and O–H groups in total. The van der Waals surface area contributed by atoms with Crippen molar-refractivity contribution in [3.63, 3.8) is 0 Å². The number of hydrogen-bond donors (Lipinski definition) is 2. The first kappa shape index (κ1) is 14.3. The number of nitrogens with one attached hydrogen (secondary N) is 1. The zero-order valence-electron chi connectivity index (χ0n) is 10.9. The van der Waals surface area contributed by atoms with E-state index in [4.69, 9.17) is 4.74 Å². The van der Waals surface area contributed by atoms with E-state index in [0.717, 1.165) is 23.9 Å². The second kappa shape index (κ2) is 6.34. The molecule has 0 saturated heterocycles. The van der Waals surface area contributed by atoms with Crippen molar-refractivity contribution in [2.45, 2.75) is 6.10 Å². The molecule has 3 nitrogen and oxygen atoms in total. The van der Waals surface area contributed by atoms with Crippen molar-refractivity contribution in [1.29, 1.82) is 0 Å². The Morgan fingerprint density at radius 1 is 1.15 bits per heavy atom. The van der Waals surface area contributed by atoms with Crippen LogP contribution in [0.5, 0.6) is 5.75 Å². The highest BCUT2D eigenvalue weighted by atomic mass is 19.1. The van der Waals surface area contributed by atoms with Crippen molar-refractivity contribution in [2.75, 3.05) is 19.0 Å². The summed E-state index contributed by atoms with van der Waals surface area (Å²) in [5, 5.41) is 12.8. The molecule has 2 aromatic rings. The van der Waals surface area contributed by atoms with Crippen LogP contribution in [0, 0.1) is 11.6 Å². The van der Waals surface area contributed by atoms with Crippen molar-refractivity contribution in [3.8, 4) is 5.75 Å². The molecule has 20 heavy (non-hydrogen) atoms. The smallest absolute Gasteiger partial charge is 0.129 e. The van der Waals surface area contributed by atoms with Gasteiger partial charge in [-0.3, -0.25) is 0 Å². The molecule has 0 radical (unpaired) electrons. The second-order valence-corrected chi connectivity index (χ2v) is 4.29. The molecule has 5 heteroatoms. The molecule has 0 saturated carbocycles. The third kappa shape index (κ3) is 3.45. The minimum atomic E-state index is -1.13. The summed E-state index contributed by atoms with van der Waals surface area (Å²) in [5.74, 6) is -0.493. The molecule has 0 aliphatic carbocycles. The third-order valence-corrected chi connectivity index (χ3v) is 2.91. The van der Waals surface area contributed by atoms with E-state index in [-0.39, 0.29) is 12.1 Å². The zero-order valence-corrected chi connectivity index (χ0v) is 10.9. The molecule has 2 aromatic carbocycles. The average Bonchev–Trinajstić information content (AvgIpc) is 2.47. The summed E-state index contributed by atoms with van der Waals surface area (Å²) >= 11 is 0. The first-order valence-corrected chi connectivity index (χ1v) is 6.11. The summed E-state index contributed by atoms with van der Waals surface area (Å²) in [7, 11) is 1.57. The number of aliphatic hydroxyl groups excluding tert-OH is 1. The lowest BCUT2D eigenvalue weighted by Gasteiger charge is -2.14. The predicted octanol–water partition coefficient (Wildman–Crippen LogP) is 3.12. The highest BCUT2D eigenvalue weighted by Crippen LogP contribution is 2.20. The number of hydrogen-bond acceptors (Lipinski definition) is 3. The van der Waals surface area contributed by atoms with Gasteiger partial charge in [0.15, 0.2) is 0 Å².